The first-order chi connectivity index (χ1) is 13.2. The van der Waals surface area contributed by atoms with Gasteiger partial charge in [-0.05, 0) is 80.1 Å². The van der Waals surface area contributed by atoms with Gasteiger partial charge in [0.2, 0.25) is 0 Å². The van der Waals surface area contributed by atoms with E-state index in [0.717, 1.165) is 30.8 Å². The van der Waals surface area contributed by atoms with Crippen LogP contribution in [-0.2, 0) is 6.42 Å². The van der Waals surface area contributed by atoms with Crippen LogP contribution in [0.1, 0.15) is 44.6 Å². The summed E-state index contributed by atoms with van der Waals surface area (Å²) in [6.45, 7) is 3.11. The molecule has 144 valence electrons. The SMILES string of the molecule is CCC(CNC(=S)Nc1ccc(OC2CCCC2)cc1)Cc1ccccc1. The summed E-state index contributed by atoms with van der Waals surface area (Å²) in [5, 5.41) is 7.31. The Morgan fingerprint density at radius 2 is 1.78 bits per heavy atom. The molecule has 4 heteroatoms. The lowest BCUT2D eigenvalue weighted by atomic mass is 9.97. The molecule has 1 fully saturated rings. The third kappa shape index (κ3) is 6.55. The average molecular weight is 383 g/mol. The molecule has 0 aliphatic heterocycles. The number of hydrogen-bond donors (Lipinski definition) is 2. The van der Waals surface area contributed by atoms with Crippen LogP contribution in [0.4, 0.5) is 5.69 Å². The Kier molecular flexibility index (Phi) is 7.52. The fraction of sp³-hybridized carbons (Fsp3) is 0.435. The largest absolute Gasteiger partial charge is 0.490 e. The van der Waals surface area contributed by atoms with E-state index in [4.69, 9.17) is 17.0 Å². The van der Waals surface area contributed by atoms with Gasteiger partial charge in [-0.1, -0.05) is 43.7 Å². The number of rotatable bonds is 8. The van der Waals surface area contributed by atoms with Crippen LogP contribution < -0.4 is 15.4 Å². The predicted molar refractivity (Wildman–Crippen MR) is 117 cm³/mol. The number of anilines is 1. The van der Waals surface area contributed by atoms with Crippen molar-refractivity contribution in [3.63, 3.8) is 0 Å². The lowest BCUT2D eigenvalue weighted by Crippen LogP contribution is -2.33. The van der Waals surface area contributed by atoms with Crippen LogP contribution in [0.25, 0.3) is 0 Å². The standard InChI is InChI=1S/C23H30N2OS/c1-2-18(16-19-8-4-3-5-9-19)17-24-23(27)25-20-12-14-22(15-13-20)26-21-10-6-7-11-21/h3-5,8-9,12-15,18,21H,2,6-7,10-11,16-17H2,1H3,(H2,24,25,27). The van der Waals surface area contributed by atoms with Crippen molar-refractivity contribution in [2.24, 2.45) is 5.92 Å². The zero-order valence-electron chi connectivity index (χ0n) is 16.1. The molecule has 0 amide bonds. The van der Waals surface area contributed by atoms with E-state index in [1.807, 2.05) is 24.3 Å². The molecule has 3 rings (SSSR count). The number of nitrogens with one attached hydrogen (secondary N) is 2. The molecule has 1 aliphatic rings. The minimum atomic E-state index is 0.391. The van der Waals surface area contributed by atoms with Crippen molar-refractivity contribution in [3.05, 3.63) is 60.2 Å². The molecule has 27 heavy (non-hydrogen) atoms. The number of thiocarbonyl (C=S) groups is 1. The Morgan fingerprint density at radius 3 is 2.44 bits per heavy atom. The summed E-state index contributed by atoms with van der Waals surface area (Å²) in [5.74, 6) is 1.51. The Balaban J connectivity index is 1.42. The first kappa shape index (κ1) is 19.7. The van der Waals surface area contributed by atoms with Crippen LogP contribution in [0.5, 0.6) is 5.75 Å². The van der Waals surface area contributed by atoms with Crippen molar-refractivity contribution in [2.75, 3.05) is 11.9 Å². The fourth-order valence-corrected chi connectivity index (χ4v) is 3.74. The van der Waals surface area contributed by atoms with Crippen molar-refractivity contribution >= 4 is 23.0 Å². The van der Waals surface area contributed by atoms with Crippen LogP contribution in [-0.4, -0.2) is 17.8 Å². The molecule has 1 atom stereocenters. The maximum atomic E-state index is 6.01. The van der Waals surface area contributed by atoms with Gasteiger partial charge < -0.3 is 15.4 Å². The molecule has 1 unspecified atom stereocenters. The zero-order chi connectivity index (χ0) is 18.9. The van der Waals surface area contributed by atoms with E-state index in [0.29, 0.717) is 17.1 Å². The molecular formula is C23H30N2OS. The molecule has 0 heterocycles. The van der Waals surface area contributed by atoms with Gasteiger partial charge >= 0.3 is 0 Å². The van der Waals surface area contributed by atoms with Crippen LogP contribution in [0, 0.1) is 5.92 Å². The molecule has 1 aliphatic carbocycles. The molecule has 0 saturated heterocycles. The van der Waals surface area contributed by atoms with E-state index in [9.17, 15) is 0 Å². The highest BCUT2D eigenvalue weighted by molar-refractivity contribution is 7.80. The molecule has 2 aromatic rings. The molecular weight excluding hydrogens is 352 g/mol. The van der Waals surface area contributed by atoms with E-state index in [-0.39, 0.29) is 0 Å². The van der Waals surface area contributed by atoms with Gasteiger partial charge in [0.15, 0.2) is 5.11 Å². The first-order valence-corrected chi connectivity index (χ1v) is 10.5. The highest BCUT2D eigenvalue weighted by Gasteiger charge is 2.16. The number of benzene rings is 2. The molecule has 0 aromatic heterocycles. The molecule has 2 N–H and O–H groups in total. The Morgan fingerprint density at radius 1 is 1.07 bits per heavy atom. The predicted octanol–water partition coefficient (Wildman–Crippen LogP) is 5.56. The maximum Gasteiger partial charge on any atom is 0.170 e. The molecule has 0 radical (unpaired) electrons. The highest BCUT2D eigenvalue weighted by atomic mass is 32.1. The summed E-state index contributed by atoms with van der Waals surface area (Å²) in [6, 6.07) is 18.7. The van der Waals surface area contributed by atoms with Crippen molar-refractivity contribution in [2.45, 2.75) is 51.6 Å². The third-order valence-corrected chi connectivity index (χ3v) is 5.46. The topological polar surface area (TPSA) is 33.3 Å². The van der Waals surface area contributed by atoms with Crippen molar-refractivity contribution in [1.29, 1.82) is 0 Å². The quantitative estimate of drug-likeness (QED) is 0.585. The monoisotopic (exact) mass is 382 g/mol. The van der Waals surface area contributed by atoms with E-state index in [1.165, 1.54) is 31.2 Å². The molecule has 0 spiro atoms. The maximum absolute atomic E-state index is 6.01. The third-order valence-electron chi connectivity index (χ3n) is 5.21. The second-order valence-corrected chi connectivity index (χ2v) is 7.76. The average Bonchev–Trinajstić information content (AvgIpc) is 3.20. The summed E-state index contributed by atoms with van der Waals surface area (Å²) in [4.78, 5) is 0. The normalized spacial score (nSPS) is 15.3. The summed E-state index contributed by atoms with van der Waals surface area (Å²) in [6.07, 6.45) is 7.51. The van der Waals surface area contributed by atoms with Crippen molar-refractivity contribution in [3.8, 4) is 5.75 Å². The van der Waals surface area contributed by atoms with Gasteiger partial charge in [-0.3, -0.25) is 0 Å². The Bertz CT molecular complexity index is 696. The summed E-state index contributed by atoms with van der Waals surface area (Å²) in [5.41, 5.74) is 2.37. The molecule has 0 bridgehead atoms. The second kappa shape index (κ2) is 10.3. The van der Waals surface area contributed by atoms with E-state index >= 15 is 0 Å². The summed E-state index contributed by atoms with van der Waals surface area (Å²) < 4.78 is 6.01. The second-order valence-electron chi connectivity index (χ2n) is 7.35. The van der Waals surface area contributed by atoms with Gasteiger partial charge in [0.25, 0.3) is 0 Å². The van der Waals surface area contributed by atoms with Gasteiger partial charge in [-0.15, -0.1) is 0 Å². The number of ether oxygens (including phenoxy) is 1. The zero-order valence-corrected chi connectivity index (χ0v) is 16.9. The smallest absolute Gasteiger partial charge is 0.170 e. The van der Waals surface area contributed by atoms with Gasteiger partial charge in [-0.2, -0.15) is 0 Å². The summed E-state index contributed by atoms with van der Waals surface area (Å²) >= 11 is 5.46. The van der Waals surface area contributed by atoms with E-state index in [1.54, 1.807) is 0 Å². The molecule has 1 saturated carbocycles. The van der Waals surface area contributed by atoms with Crippen molar-refractivity contribution in [1.82, 2.24) is 5.32 Å². The van der Waals surface area contributed by atoms with Gasteiger partial charge in [0.05, 0.1) is 6.10 Å². The molecule has 3 nitrogen and oxygen atoms in total. The van der Waals surface area contributed by atoms with E-state index < -0.39 is 0 Å². The molecule has 2 aromatic carbocycles. The van der Waals surface area contributed by atoms with Gasteiger partial charge in [-0.25, -0.2) is 0 Å². The van der Waals surface area contributed by atoms with E-state index in [2.05, 4.69) is 47.9 Å². The van der Waals surface area contributed by atoms with Crippen LogP contribution in [0.2, 0.25) is 0 Å². The highest BCUT2D eigenvalue weighted by Crippen LogP contribution is 2.25. The first-order valence-electron chi connectivity index (χ1n) is 10.1. The fourth-order valence-electron chi connectivity index (χ4n) is 3.54. The minimum Gasteiger partial charge on any atom is -0.490 e. The van der Waals surface area contributed by atoms with Crippen molar-refractivity contribution < 1.29 is 4.74 Å². The lowest BCUT2D eigenvalue weighted by Gasteiger charge is -2.18. The minimum absolute atomic E-state index is 0.391. The van der Waals surface area contributed by atoms with Crippen LogP contribution in [0.15, 0.2) is 54.6 Å². The lowest BCUT2D eigenvalue weighted by molar-refractivity contribution is 0.210. The summed E-state index contributed by atoms with van der Waals surface area (Å²) in [7, 11) is 0. The van der Waals surface area contributed by atoms with Gasteiger partial charge in [0.1, 0.15) is 5.75 Å². The Hall–Kier alpha value is -2.07. The Labute approximate surface area is 168 Å². The van der Waals surface area contributed by atoms with Crippen LogP contribution >= 0.6 is 12.2 Å². The number of hydrogen-bond acceptors (Lipinski definition) is 2. The van der Waals surface area contributed by atoms with Gasteiger partial charge in [0, 0.05) is 12.2 Å². The van der Waals surface area contributed by atoms with Crippen LogP contribution in [0.3, 0.4) is 0 Å².